The molecule has 0 amide bonds. The van der Waals surface area contributed by atoms with Crippen LogP contribution in [0.4, 0.5) is 5.69 Å². The Labute approximate surface area is 112 Å². The summed E-state index contributed by atoms with van der Waals surface area (Å²) in [4.78, 5) is 18.5. The largest absolute Gasteiger partial charge is 0.295 e. The lowest BCUT2D eigenvalue weighted by Gasteiger charge is -2.07. The van der Waals surface area contributed by atoms with Crippen LogP contribution in [-0.2, 0) is 0 Å². The maximum atomic E-state index is 11.0. The Hall–Kier alpha value is -3.27. The number of nitro benzene ring substituents is 1. The fourth-order valence-electron chi connectivity index (χ4n) is 2.08. The third kappa shape index (κ3) is 1.67. The molecule has 0 bridgehead atoms. The Kier molecular flexibility index (Phi) is 2.62. The van der Waals surface area contributed by atoms with E-state index in [4.69, 9.17) is 5.26 Å². The van der Waals surface area contributed by atoms with Crippen molar-refractivity contribution in [3.05, 3.63) is 58.8 Å². The molecule has 0 unspecified atom stereocenters. The first kappa shape index (κ1) is 11.8. The Morgan fingerprint density at radius 1 is 1.25 bits per heavy atom. The Morgan fingerprint density at radius 2 is 2.10 bits per heavy atom. The minimum atomic E-state index is -0.474. The third-order valence-corrected chi connectivity index (χ3v) is 2.92. The third-order valence-electron chi connectivity index (χ3n) is 2.92. The Balaban J connectivity index is 2.37. The molecule has 0 aliphatic rings. The fraction of sp³-hybridized carbons (Fsp3) is 0. The second kappa shape index (κ2) is 4.44. The number of nitro groups is 1. The van der Waals surface area contributed by atoms with Gasteiger partial charge in [0.05, 0.1) is 10.6 Å². The number of nitriles is 1. The van der Waals surface area contributed by atoms with Crippen molar-refractivity contribution in [2.24, 2.45) is 0 Å². The molecular weight excluding hydrogens is 258 g/mol. The van der Waals surface area contributed by atoms with Crippen molar-refractivity contribution in [2.45, 2.75) is 0 Å². The number of rotatable bonds is 2. The lowest BCUT2D eigenvalue weighted by molar-refractivity contribution is -0.383. The first-order chi connectivity index (χ1) is 9.72. The topological polar surface area (TPSA) is 97.6 Å². The van der Waals surface area contributed by atoms with Gasteiger partial charge in [-0.25, -0.2) is 9.97 Å². The first-order valence-electron chi connectivity index (χ1n) is 5.68. The lowest BCUT2D eigenvalue weighted by Crippen LogP contribution is -1.99. The molecule has 0 aliphatic carbocycles. The molecule has 3 aromatic rings. The summed E-state index contributed by atoms with van der Waals surface area (Å²) < 4.78 is 1.58. The van der Waals surface area contributed by atoms with Crippen LogP contribution in [0.1, 0.15) is 5.82 Å². The molecule has 0 radical (unpaired) electrons. The van der Waals surface area contributed by atoms with Crippen molar-refractivity contribution in [3.63, 3.8) is 0 Å². The van der Waals surface area contributed by atoms with E-state index in [0.717, 1.165) is 0 Å². The summed E-state index contributed by atoms with van der Waals surface area (Å²) in [7, 11) is 0. The van der Waals surface area contributed by atoms with Crippen molar-refractivity contribution in [2.75, 3.05) is 0 Å². The minimum absolute atomic E-state index is 0.0667. The van der Waals surface area contributed by atoms with Gasteiger partial charge in [-0.3, -0.25) is 14.7 Å². The predicted octanol–water partition coefficient (Wildman–Crippen LogP) is 2.20. The van der Waals surface area contributed by atoms with Crippen LogP contribution in [0.3, 0.4) is 0 Å². The van der Waals surface area contributed by atoms with Gasteiger partial charge in [-0.15, -0.1) is 0 Å². The molecule has 20 heavy (non-hydrogen) atoms. The van der Waals surface area contributed by atoms with Gasteiger partial charge in [-0.1, -0.05) is 12.1 Å². The zero-order chi connectivity index (χ0) is 14.1. The predicted molar refractivity (Wildman–Crippen MR) is 70.2 cm³/mol. The molecule has 0 aliphatic heterocycles. The summed E-state index contributed by atoms with van der Waals surface area (Å²) in [6.45, 7) is 0. The van der Waals surface area contributed by atoms with Gasteiger partial charge in [0.25, 0.3) is 5.69 Å². The van der Waals surface area contributed by atoms with Crippen LogP contribution in [0.15, 0.2) is 42.9 Å². The molecule has 7 nitrogen and oxygen atoms in total. The maximum absolute atomic E-state index is 11.0. The standard InChI is InChI=1S/C13H7N5O2/c14-8-12-15-6-7-17(12)10-4-5-16-13-9(10)2-1-3-11(13)18(19)20/h1-7H. The van der Waals surface area contributed by atoms with Gasteiger partial charge < -0.3 is 0 Å². The number of hydrogen-bond donors (Lipinski definition) is 0. The zero-order valence-electron chi connectivity index (χ0n) is 10.1. The van der Waals surface area contributed by atoms with E-state index in [1.807, 2.05) is 6.07 Å². The monoisotopic (exact) mass is 265 g/mol. The van der Waals surface area contributed by atoms with Gasteiger partial charge >= 0.3 is 0 Å². The van der Waals surface area contributed by atoms with E-state index >= 15 is 0 Å². The molecular formula is C13H7N5O2. The van der Waals surface area contributed by atoms with E-state index in [1.54, 1.807) is 29.0 Å². The normalized spacial score (nSPS) is 10.3. The van der Waals surface area contributed by atoms with Gasteiger partial charge in [0.2, 0.25) is 5.82 Å². The van der Waals surface area contributed by atoms with E-state index in [-0.39, 0.29) is 17.0 Å². The number of hydrogen-bond acceptors (Lipinski definition) is 5. The van der Waals surface area contributed by atoms with Crippen molar-refractivity contribution >= 4 is 16.6 Å². The number of imidazole rings is 1. The highest BCUT2D eigenvalue weighted by Crippen LogP contribution is 2.28. The average Bonchev–Trinajstić information content (AvgIpc) is 2.94. The van der Waals surface area contributed by atoms with Crippen molar-refractivity contribution in [1.82, 2.24) is 14.5 Å². The van der Waals surface area contributed by atoms with Gasteiger partial charge in [0, 0.05) is 30.0 Å². The number of nitrogens with zero attached hydrogens (tertiary/aromatic N) is 5. The van der Waals surface area contributed by atoms with Crippen LogP contribution >= 0.6 is 0 Å². The zero-order valence-corrected chi connectivity index (χ0v) is 10.1. The van der Waals surface area contributed by atoms with Crippen LogP contribution < -0.4 is 0 Å². The molecule has 0 N–H and O–H groups in total. The number of benzene rings is 1. The van der Waals surface area contributed by atoms with Crippen molar-refractivity contribution < 1.29 is 4.92 Å². The van der Waals surface area contributed by atoms with Gasteiger partial charge in [0.1, 0.15) is 11.6 Å². The van der Waals surface area contributed by atoms with Crippen LogP contribution in [0.5, 0.6) is 0 Å². The van der Waals surface area contributed by atoms with E-state index in [9.17, 15) is 10.1 Å². The molecule has 96 valence electrons. The number of para-hydroxylation sites is 1. The highest BCUT2D eigenvalue weighted by atomic mass is 16.6. The first-order valence-corrected chi connectivity index (χ1v) is 5.68. The van der Waals surface area contributed by atoms with Gasteiger partial charge in [-0.05, 0) is 6.07 Å². The number of pyridine rings is 1. The lowest BCUT2D eigenvalue weighted by atomic mass is 10.1. The summed E-state index contributed by atoms with van der Waals surface area (Å²) in [6.07, 6.45) is 4.61. The van der Waals surface area contributed by atoms with Crippen LogP contribution in [0, 0.1) is 21.4 Å². The molecule has 7 heteroatoms. The Bertz CT molecular complexity index is 863. The van der Waals surface area contributed by atoms with Gasteiger partial charge in [-0.2, -0.15) is 5.26 Å². The molecule has 0 spiro atoms. The molecule has 0 saturated heterocycles. The molecule has 1 aromatic carbocycles. The summed E-state index contributed by atoms with van der Waals surface area (Å²) in [5, 5.41) is 20.6. The number of non-ortho nitro benzene ring substituents is 1. The van der Waals surface area contributed by atoms with E-state index in [2.05, 4.69) is 9.97 Å². The summed E-state index contributed by atoms with van der Waals surface area (Å²) in [5.74, 6) is 0.212. The highest BCUT2D eigenvalue weighted by molar-refractivity contribution is 5.93. The number of aromatic nitrogens is 3. The second-order valence-corrected chi connectivity index (χ2v) is 3.99. The second-order valence-electron chi connectivity index (χ2n) is 3.99. The van der Waals surface area contributed by atoms with E-state index < -0.39 is 4.92 Å². The SMILES string of the molecule is N#Cc1nccn1-c1ccnc2c([N+](=O)[O-])cccc12. The minimum Gasteiger partial charge on any atom is -0.291 e. The Morgan fingerprint density at radius 3 is 2.85 bits per heavy atom. The van der Waals surface area contributed by atoms with Gasteiger partial charge in [0.15, 0.2) is 0 Å². The maximum Gasteiger partial charge on any atom is 0.295 e. The van der Waals surface area contributed by atoms with Crippen molar-refractivity contribution in [1.29, 1.82) is 5.26 Å². The average molecular weight is 265 g/mol. The van der Waals surface area contributed by atoms with E-state index in [0.29, 0.717) is 11.1 Å². The molecule has 3 rings (SSSR count). The molecule has 2 aromatic heterocycles. The van der Waals surface area contributed by atoms with Crippen LogP contribution in [0.25, 0.3) is 16.6 Å². The molecule has 0 atom stereocenters. The fourth-order valence-corrected chi connectivity index (χ4v) is 2.08. The summed E-state index contributed by atoms with van der Waals surface area (Å²) in [6, 6.07) is 8.38. The van der Waals surface area contributed by atoms with E-state index in [1.165, 1.54) is 18.5 Å². The summed E-state index contributed by atoms with van der Waals surface area (Å²) in [5.41, 5.74) is 0.850. The van der Waals surface area contributed by atoms with Crippen LogP contribution in [0.2, 0.25) is 0 Å². The smallest absolute Gasteiger partial charge is 0.291 e. The molecule has 0 saturated carbocycles. The molecule has 0 fully saturated rings. The summed E-state index contributed by atoms with van der Waals surface area (Å²) >= 11 is 0. The quantitative estimate of drug-likeness (QED) is 0.522. The van der Waals surface area contributed by atoms with Crippen molar-refractivity contribution in [3.8, 4) is 11.8 Å². The highest BCUT2D eigenvalue weighted by Gasteiger charge is 2.16. The van der Waals surface area contributed by atoms with Crippen LogP contribution in [-0.4, -0.2) is 19.5 Å². The number of fused-ring (bicyclic) bond motifs is 1. The molecule has 2 heterocycles.